The predicted molar refractivity (Wildman–Crippen MR) is 147 cm³/mol. The molecule has 0 spiro atoms. The van der Waals surface area contributed by atoms with E-state index in [-0.39, 0.29) is 23.1 Å². The lowest BCUT2D eigenvalue weighted by Gasteiger charge is -2.30. The van der Waals surface area contributed by atoms with Crippen LogP contribution >= 0.6 is 0 Å². The van der Waals surface area contributed by atoms with E-state index in [4.69, 9.17) is 5.26 Å². The standard InChI is InChI=1S/C32H30F4N4O/c1-19(2)29(31(41)39-27(18-38)16-26-4-3-20(17-37)15-28(26)33)40-30(32(34,35)36)25-13-11-24(12-14-25)23-9-7-22(8-10-23)21-5-6-21/h3-4,7-15,19,21,27,29-30,40H,5-6,16H2,1-2H3,(H,39,41)/t27-,29-,30-/m0/s1. The van der Waals surface area contributed by atoms with E-state index in [1.807, 2.05) is 24.3 Å². The first kappa shape index (κ1) is 29.8. The third-order valence-electron chi connectivity index (χ3n) is 7.24. The molecule has 4 rings (SSSR count). The van der Waals surface area contributed by atoms with Crippen LogP contribution in [0.1, 0.15) is 60.9 Å². The van der Waals surface area contributed by atoms with E-state index in [1.165, 1.54) is 42.7 Å². The number of nitrogens with zero attached hydrogens (tertiary/aromatic N) is 2. The molecule has 9 heteroatoms. The molecule has 1 fully saturated rings. The molecule has 0 bridgehead atoms. The smallest absolute Gasteiger partial charge is 0.339 e. The van der Waals surface area contributed by atoms with Crippen molar-refractivity contribution in [1.82, 2.24) is 10.6 Å². The molecule has 1 aliphatic carbocycles. The summed E-state index contributed by atoms with van der Waals surface area (Å²) in [7, 11) is 0. The van der Waals surface area contributed by atoms with Gasteiger partial charge in [-0.1, -0.05) is 68.4 Å². The molecule has 3 aromatic rings. The number of nitrogens with one attached hydrogen (secondary N) is 2. The highest BCUT2D eigenvalue weighted by atomic mass is 19.4. The van der Waals surface area contributed by atoms with Gasteiger partial charge in [0.15, 0.2) is 0 Å². The first-order chi connectivity index (χ1) is 19.5. The Hall–Kier alpha value is -4.21. The van der Waals surface area contributed by atoms with Gasteiger partial charge in [0.25, 0.3) is 0 Å². The minimum Gasteiger partial charge on any atom is -0.339 e. The first-order valence-electron chi connectivity index (χ1n) is 13.4. The van der Waals surface area contributed by atoms with E-state index in [0.717, 1.165) is 17.2 Å². The SMILES string of the molecule is CC(C)[C@H](N[C@@H](c1ccc(-c2ccc(C3CC3)cc2)cc1)C(F)(F)F)C(=O)N[C@H](C#N)Cc1ccc(C#N)cc1F. The number of halogens is 4. The van der Waals surface area contributed by atoms with E-state index in [9.17, 15) is 27.6 Å². The summed E-state index contributed by atoms with van der Waals surface area (Å²) in [6, 6.07) is 16.9. The van der Waals surface area contributed by atoms with Crippen molar-refractivity contribution in [2.24, 2.45) is 5.92 Å². The van der Waals surface area contributed by atoms with Gasteiger partial charge in [0.1, 0.15) is 17.9 Å². The molecule has 1 amide bonds. The van der Waals surface area contributed by atoms with E-state index in [1.54, 1.807) is 26.0 Å². The highest BCUT2D eigenvalue weighted by Gasteiger charge is 2.43. The zero-order valence-electron chi connectivity index (χ0n) is 22.7. The number of benzene rings is 3. The molecule has 0 unspecified atom stereocenters. The second-order valence-electron chi connectivity index (χ2n) is 10.7. The molecule has 0 heterocycles. The number of nitriles is 2. The van der Waals surface area contributed by atoms with Crippen molar-refractivity contribution >= 4 is 5.91 Å². The fourth-order valence-corrected chi connectivity index (χ4v) is 4.76. The summed E-state index contributed by atoms with van der Waals surface area (Å²) in [4.78, 5) is 13.1. The lowest BCUT2D eigenvalue weighted by molar-refractivity contribution is -0.161. The van der Waals surface area contributed by atoms with Crippen molar-refractivity contribution in [1.29, 1.82) is 10.5 Å². The third-order valence-corrected chi connectivity index (χ3v) is 7.24. The minimum atomic E-state index is -4.71. The third kappa shape index (κ3) is 7.50. The van der Waals surface area contributed by atoms with Gasteiger partial charge in [-0.25, -0.2) is 4.39 Å². The molecule has 0 aromatic heterocycles. The largest absolute Gasteiger partial charge is 0.407 e. The van der Waals surface area contributed by atoms with Crippen LogP contribution in [-0.4, -0.2) is 24.2 Å². The van der Waals surface area contributed by atoms with Crippen LogP contribution in [0.5, 0.6) is 0 Å². The molecule has 212 valence electrons. The number of hydrogen-bond acceptors (Lipinski definition) is 4. The molecular formula is C32H30F4N4O. The van der Waals surface area contributed by atoms with Gasteiger partial charge in [-0.05, 0) is 64.6 Å². The second kappa shape index (κ2) is 12.5. The normalized spacial score (nSPS) is 15.4. The first-order valence-corrected chi connectivity index (χ1v) is 13.4. The molecule has 3 aromatic carbocycles. The maximum absolute atomic E-state index is 14.3. The lowest BCUT2D eigenvalue weighted by Crippen LogP contribution is -2.53. The summed E-state index contributed by atoms with van der Waals surface area (Å²) in [5.41, 5.74) is 3.10. The summed E-state index contributed by atoms with van der Waals surface area (Å²) in [5, 5.41) is 23.4. The maximum atomic E-state index is 14.3. The number of hydrogen-bond donors (Lipinski definition) is 2. The summed E-state index contributed by atoms with van der Waals surface area (Å²) >= 11 is 0. The van der Waals surface area contributed by atoms with Crippen molar-refractivity contribution in [2.75, 3.05) is 0 Å². The van der Waals surface area contributed by atoms with Crippen molar-refractivity contribution in [3.05, 3.63) is 94.8 Å². The monoisotopic (exact) mass is 562 g/mol. The highest BCUT2D eigenvalue weighted by Crippen LogP contribution is 2.40. The van der Waals surface area contributed by atoms with Gasteiger partial charge in [0, 0.05) is 6.42 Å². The van der Waals surface area contributed by atoms with Crippen LogP contribution in [0.25, 0.3) is 11.1 Å². The van der Waals surface area contributed by atoms with Crippen LogP contribution in [0.15, 0.2) is 66.7 Å². The number of rotatable bonds is 10. The zero-order valence-corrected chi connectivity index (χ0v) is 22.7. The highest BCUT2D eigenvalue weighted by molar-refractivity contribution is 5.82. The van der Waals surface area contributed by atoms with Crippen molar-refractivity contribution in [2.45, 2.75) is 63.3 Å². The Kier molecular flexibility index (Phi) is 9.10. The second-order valence-corrected chi connectivity index (χ2v) is 10.7. The van der Waals surface area contributed by atoms with Gasteiger partial charge >= 0.3 is 6.18 Å². The molecule has 41 heavy (non-hydrogen) atoms. The average molecular weight is 563 g/mol. The molecule has 1 aliphatic rings. The van der Waals surface area contributed by atoms with Gasteiger partial charge < -0.3 is 5.32 Å². The van der Waals surface area contributed by atoms with Gasteiger partial charge in [-0.3, -0.25) is 10.1 Å². The van der Waals surface area contributed by atoms with Gasteiger partial charge in [-0.2, -0.15) is 23.7 Å². The van der Waals surface area contributed by atoms with Crippen LogP contribution in [0.2, 0.25) is 0 Å². The molecule has 5 nitrogen and oxygen atoms in total. The zero-order chi connectivity index (χ0) is 29.7. The van der Waals surface area contributed by atoms with E-state index >= 15 is 0 Å². The van der Waals surface area contributed by atoms with Crippen LogP contribution in [0, 0.1) is 34.4 Å². The van der Waals surface area contributed by atoms with Crippen LogP contribution < -0.4 is 10.6 Å². The minimum absolute atomic E-state index is 0.0502. The molecule has 0 aliphatic heterocycles. The molecule has 0 saturated heterocycles. The van der Waals surface area contributed by atoms with Crippen molar-refractivity contribution in [3.63, 3.8) is 0 Å². The molecule has 0 radical (unpaired) electrons. The number of carbonyl (C=O) groups is 1. The maximum Gasteiger partial charge on any atom is 0.407 e. The molecular weight excluding hydrogens is 532 g/mol. The Bertz CT molecular complexity index is 1450. The fourth-order valence-electron chi connectivity index (χ4n) is 4.76. The van der Waals surface area contributed by atoms with Crippen molar-refractivity contribution < 1.29 is 22.4 Å². The molecule has 3 atom stereocenters. The Morgan fingerprint density at radius 2 is 1.59 bits per heavy atom. The number of alkyl halides is 3. The summed E-state index contributed by atoms with van der Waals surface area (Å²) in [6.07, 6.45) is -2.55. The Labute approximate surface area is 236 Å². The van der Waals surface area contributed by atoms with Crippen LogP contribution in [-0.2, 0) is 11.2 Å². The Morgan fingerprint density at radius 3 is 2.07 bits per heavy atom. The van der Waals surface area contributed by atoms with E-state index < -0.39 is 41.9 Å². The quantitative estimate of drug-likeness (QED) is 0.269. The summed E-state index contributed by atoms with van der Waals surface area (Å²) in [5.74, 6) is -1.47. The number of carbonyl (C=O) groups excluding carboxylic acids is 1. The lowest BCUT2D eigenvalue weighted by atomic mass is 9.96. The Morgan fingerprint density at radius 1 is 0.976 bits per heavy atom. The van der Waals surface area contributed by atoms with Gasteiger partial charge in [0.2, 0.25) is 5.91 Å². The van der Waals surface area contributed by atoms with Crippen molar-refractivity contribution in [3.8, 4) is 23.3 Å². The summed E-state index contributed by atoms with van der Waals surface area (Å²) in [6.45, 7) is 3.20. The van der Waals surface area contributed by atoms with E-state index in [2.05, 4.69) is 22.8 Å². The van der Waals surface area contributed by atoms with Gasteiger partial charge in [0.05, 0.1) is 23.7 Å². The topological polar surface area (TPSA) is 88.7 Å². The number of amides is 1. The molecule has 1 saturated carbocycles. The van der Waals surface area contributed by atoms with Gasteiger partial charge in [-0.15, -0.1) is 0 Å². The van der Waals surface area contributed by atoms with Crippen LogP contribution in [0.4, 0.5) is 17.6 Å². The van der Waals surface area contributed by atoms with E-state index in [0.29, 0.717) is 5.92 Å². The fraction of sp³-hybridized carbons (Fsp3) is 0.344. The summed E-state index contributed by atoms with van der Waals surface area (Å²) < 4.78 is 57.1. The average Bonchev–Trinajstić information content (AvgIpc) is 3.79. The predicted octanol–water partition coefficient (Wildman–Crippen LogP) is 6.71. The van der Waals surface area contributed by atoms with Crippen LogP contribution in [0.3, 0.4) is 0 Å². The molecule has 2 N–H and O–H groups in total. The Balaban J connectivity index is 1.49.